The van der Waals surface area contributed by atoms with Gasteiger partial charge in [0.2, 0.25) is 11.8 Å². The predicted molar refractivity (Wildman–Crippen MR) is 82.5 cm³/mol. The molecule has 0 spiro atoms. The standard InChI is InChI=1S/C17H24N2O2/c1-14(20)19(13-15-7-3-2-4-8-15)12-11-17(21)18-16-9-5-6-10-16/h2-4,7-8,16H,5-6,9-13H2,1H3,(H,18,21). The van der Waals surface area contributed by atoms with Crippen molar-refractivity contribution in [3.8, 4) is 0 Å². The van der Waals surface area contributed by atoms with Crippen LogP contribution in [0.3, 0.4) is 0 Å². The Labute approximate surface area is 126 Å². The van der Waals surface area contributed by atoms with Crippen LogP contribution >= 0.6 is 0 Å². The number of carbonyl (C=O) groups is 2. The molecule has 0 aromatic heterocycles. The van der Waals surface area contributed by atoms with Crippen LogP contribution in [0.25, 0.3) is 0 Å². The van der Waals surface area contributed by atoms with Crippen molar-refractivity contribution in [1.82, 2.24) is 10.2 Å². The average Bonchev–Trinajstić information content (AvgIpc) is 2.97. The first-order valence-electron chi connectivity index (χ1n) is 7.74. The summed E-state index contributed by atoms with van der Waals surface area (Å²) in [6.45, 7) is 2.59. The van der Waals surface area contributed by atoms with Gasteiger partial charge in [-0.1, -0.05) is 43.2 Å². The highest BCUT2D eigenvalue weighted by Crippen LogP contribution is 2.17. The monoisotopic (exact) mass is 288 g/mol. The van der Waals surface area contributed by atoms with Crippen molar-refractivity contribution >= 4 is 11.8 Å². The van der Waals surface area contributed by atoms with E-state index in [1.807, 2.05) is 30.3 Å². The zero-order valence-electron chi connectivity index (χ0n) is 12.7. The summed E-state index contributed by atoms with van der Waals surface area (Å²) in [6.07, 6.45) is 4.97. The van der Waals surface area contributed by atoms with Crippen molar-refractivity contribution in [2.45, 2.75) is 51.6 Å². The first kappa shape index (κ1) is 15.5. The van der Waals surface area contributed by atoms with Gasteiger partial charge in [0.15, 0.2) is 0 Å². The average molecular weight is 288 g/mol. The number of carbonyl (C=O) groups excluding carboxylic acids is 2. The summed E-state index contributed by atoms with van der Waals surface area (Å²) in [5.74, 6) is 0.0636. The third-order valence-corrected chi connectivity index (χ3v) is 3.99. The molecule has 2 rings (SSSR count). The molecule has 1 saturated carbocycles. The van der Waals surface area contributed by atoms with E-state index in [2.05, 4.69) is 5.32 Å². The van der Waals surface area contributed by atoms with Gasteiger partial charge in [0.25, 0.3) is 0 Å². The van der Waals surface area contributed by atoms with E-state index < -0.39 is 0 Å². The van der Waals surface area contributed by atoms with Gasteiger partial charge in [0, 0.05) is 32.5 Å². The highest BCUT2D eigenvalue weighted by atomic mass is 16.2. The lowest BCUT2D eigenvalue weighted by Crippen LogP contribution is -2.36. The number of hydrogen-bond donors (Lipinski definition) is 1. The van der Waals surface area contributed by atoms with Crippen LogP contribution in [0.15, 0.2) is 30.3 Å². The number of hydrogen-bond acceptors (Lipinski definition) is 2. The second kappa shape index (κ2) is 7.81. The van der Waals surface area contributed by atoms with E-state index >= 15 is 0 Å². The number of amides is 2. The smallest absolute Gasteiger partial charge is 0.221 e. The van der Waals surface area contributed by atoms with Crippen molar-refractivity contribution in [2.75, 3.05) is 6.54 Å². The van der Waals surface area contributed by atoms with Crippen LogP contribution in [-0.4, -0.2) is 29.3 Å². The van der Waals surface area contributed by atoms with Gasteiger partial charge in [-0.2, -0.15) is 0 Å². The van der Waals surface area contributed by atoms with Gasteiger partial charge < -0.3 is 10.2 Å². The molecule has 0 saturated heterocycles. The molecule has 0 unspecified atom stereocenters. The van der Waals surface area contributed by atoms with Gasteiger partial charge in [0.1, 0.15) is 0 Å². The van der Waals surface area contributed by atoms with E-state index in [1.165, 1.54) is 12.8 Å². The molecule has 114 valence electrons. The van der Waals surface area contributed by atoms with Gasteiger partial charge in [0.05, 0.1) is 0 Å². The SMILES string of the molecule is CC(=O)N(CCC(=O)NC1CCCC1)Cc1ccccc1. The zero-order chi connectivity index (χ0) is 15.1. The zero-order valence-corrected chi connectivity index (χ0v) is 12.7. The molecule has 1 aliphatic rings. The van der Waals surface area contributed by atoms with Crippen molar-refractivity contribution < 1.29 is 9.59 Å². The van der Waals surface area contributed by atoms with E-state index in [4.69, 9.17) is 0 Å². The van der Waals surface area contributed by atoms with Crippen LogP contribution < -0.4 is 5.32 Å². The van der Waals surface area contributed by atoms with Crippen molar-refractivity contribution in [1.29, 1.82) is 0 Å². The summed E-state index contributed by atoms with van der Waals surface area (Å²) in [5.41, 5.74) is 1.09. The Hall–Kier alpha value is -1.84. The van der Waals surface area contributed by atoms with E-state index in [1.54, 1.807) is 11.8 Å². The normalized spacial score (nSPS) is 14.9. The summed E-state index contributed by atoms with van der Waals surface area (Å²) >= 11 is 0. The van der Waals surface area contributed by atoms with Crippen LogP contribution in [0.5, 0.6) is 0 Å². The van der Waals surface area contributed by atoms with Crippen molar-refractivity contribution in [3.05, 3.63) is 35.9 Å². The molecule has 21 heavy (non-hydrogen) atoms. The summed E-state index contributed by atoms with van der Waals surface area (Å²) in [6, 6.07) is 10.2. The molecule has 1 aromatic rings. The van der Waals surface area contributed by atoms with Gasteiger partial charge in [-0.25, -0.2) is 0 Å². The Morgan fingerprint density at radius 2 is 1.86 bits per heavy atom. The van der Waals surface area contributed by atoms with Crippen LogP contribution in [-0.2, 0) is 16.1 Å². The van der Waals surface area contributed by atoms with E-state index in [9.17, 15) is 9.59 Å². The number of nitrogens with one attached hydrogen (secondary N) is 1. The quantitative estimate of drug-likeness (QED) is 0.874. The minimum Gasteiger partial charge on any atom is -0.353 e. The third-order valence-electron chi connectivity index (χ3n) is 3.99. The van der Waals surface area contributed by atoms with E-state index in [0.717, 1.165) is 18.4 Å². The number of benzene rings is 1. The molecule has 1 aromatic carbocycles. The van der Waals surface area contributed by atoms with Gasteiger partial charge in [-0.05, 0) is 18.4 Å². The number of rotatable bonds is 6. The van der Waals surface area contributed by atoms with Gasteiger partial charge in [-0.15, -0.1) is 0 Å². The fourth-order valence-electron chi connectivity index (χ4n) is 2.76. The lowest BCUT2D eigenvalue weighted by atomic mass is 10.2. The molecule has 4 heteroatoms. The molecule has 0 aliphatic heterocycles. The number of nitrogens with zero attached hydrogens (tertiary/aromatic N) is 1. The van der Waals surface area contributed by atoms with Crippen LogP contribution in [0, 0.1) is 0 Å². The first-order chi connectivity index (χ1) is 10.1. The van der Waals surface area contributed by atoms with Crippen LogP contribution in [0.4, 0.5) is 0 Å². The lowest BCUT2D eigenvalue weighted by Gasteiger charge is -2.21. The van der Waals surface area contributed by atoms with E-state index in [0.29, 0.717) is 25.6 Å². The molecule has 0 atom stereocenters. The second-order valence-electron chi connectivity index (χ2n) is 5.73. The highest BCUT2D eigenvalue weighted by Gasteiger charge is 2.18. The third kappa shape index (κ3) is 5.21. The van der Waals surface area contributed by atoms with Crippen molar-refractivity contribution in [2.24, 2.45) is 0 Å². The Morgan fingerprint density at radius 3 is 2.48 bits per heavy atom. The highest BCUT2D eigenvalue weighted by molar-refractivity contribution is 5.78. The maximum atomic E-state index is 11.9. The molecule has 2 amide bonds. The summed E-state index contributed by atoms with van der Waals surface area (Å²) < 4.78 is 0. The minimum atomic E-state index is 0.00696. The first-order valence-corrected chi connectivity index (χ1v) is 7.74. The fourth-order valence-corrected chi connectivity index (χ4v) is 2.76. The minimum absolute atomic E-state index is 0.00696. The van der Waals surface area contributed by atoms with Crippen LogP contribution in [0.2, 0.25) is 0 Å². The molecular weight excluding hydrogens is 264 g/mol. The molecule has 1 N–H and O–H groups in total. The Morgan fingerprint density at radius 1 is 1.19 bits per heavy atom. The molecular formula is C17H24N2O2. The fraction of sp³-hybridized carbons (Fsp3) is 0.529. The van der Waals surface area contributed by atoms with Crippen LogP contribution in [0.1, 0.15) is 44.6 Å². The molecule has 1 fully saturated rings. The lowest BCUT2D eigenvalue weighted by molar-refractivity contribution is -0.130. The maximum absolute atomic E-state index is 11.9. The maximum Gasteiger partial charge on any atom is 0.221 e. The summed E-state index contributed by atoms with van der Waals surface area (Å²) in [5, 5.41) is 3.06. The molecule has 1 aliphatic carbocycles. The summed E-state index contributed by atoms with van der Waals surface area (Å²) in [4.78, 5) is 25.4. The van der Waals surface area contributed by atoms with Gasteiger partial charge >= 0.3 is 0 Å². The van der Waals surface area contributed by atoms with Crippen molar-refractivity contribution in [3.63, 3.8) is 0 Å². The van der Waals surface area contributed by atoms with E-state index in [-0.39, 0.29) is 11.8 Å². The second-order valence-corrected chi connectivity index (χ2v) is 5.73. The Balaban J connectivity index is 1.79. The Bertz CT molecular complexity index is 467. The molecule has 4 nitrogen and oxygen atoms in total. The largest absolute Gasteiger partial charge is 0.353 e. The predicted octanol–water partition coefficient (Wildman–Crippen LogP) is 2.48. The Kier molecular flexibility index (Phi) is 5.78. The molecule has 0 bridgehead atoms. The molecule has 0 heterocycles. The van der Waals surface area contributed by atoms with Gasteiger partial charge in [-0.3, -0.25) is 9.59 Å². The molecule has 0 radical (unpaired) electrons. The topological polar surface area (TPSA) is 49.4 Å². The summed E-state index contributed by atoms with van der Waals surface area (Å²) in [7, 11) is 0.